The Bertz CT molecular complexity index is 413. The molecular formula is C14H14S. The van der Waals surface area contributed by atoms with Crippen LogP contribution in [0.5, 0.6) is 0 Å². The Morgan fingerprint density at radius 1 is 1.00 bits per heavy atom. The van der Waals surface area contributed by atoms with Gasteiger partial charge < -0.3 is 0 Å². The normalized spacial score (nSPS) is 26.3. The van der Waals surface area contributed by atoms with Crippen molar-refractivity contribution < 1.29 is 0 Å². The lowest BCUT2D eigenvalue weighted by Gasteiger charge is -2.11. The van der Waals surface area contributed by atoms with Gasteiger partial charge in [-0.2, -0.15) is 0 Å². The molecule has 1 aliphatic rings. The Morgan fingerprint density at radius 3 is 2.73 bits per heavy atom. The summed E-state index contributed by atoms with van der Waals surface area (Å²) < 4.78 is 0. The fraction of sp³-hybridized carbons (Fsp3) is 0.143. The topological polar surface area (TPSA) is 0 Å². The van der Waals surface area contributed by atoms with Crippen molar-refractivity contribution in [2.75, 3.05) is 0 Å². The molecule has 15 heavy (non-hydrogen) atoms. The highest BCUT2D eigenvalue weighted by Gasteiger charge is 2.06. The zero-order valence-corrected chi connectivity index (χ0v) is 9.58. The second kappa shape index (κ2) is 5.04. The van der Waals surface area contributed by atoms with Crippen molar-refractivity contribution >= 4 is 11.8 Å². The Morgan fingerprint density at radius 2 is 1.80 bits per heavy atom. The van der Waals surface area contributed by atoms with E-state index < -0.39 is 0 Å². The first-order valence-electron chi connectivity index (χ1n) is 5.13. The van der Waals surface area contributed by atoms with Gasteiger partial charge in [0.1, 0.15) is 0 Å². The summed E-state index contributed by atoms with van der Waals surface area (Å²) in [5, 5.41) is 2.13. The van der Waals surface area contributed by atoms with E-state index in [9.17, 15) is 0 Å². The van der Waals surface area contributed by atoms with Gasteiger partial charge in [-0.1, -0.05) is 67.3 Å². The molecule has 0 saturated heterocycles. The number of allylic oxidation sites excluding steroid dienone is 5. The molecule has 1 aromatic rings. The van der Waals surface area contributed by atoms with Crippen LogP contribution in [0.3, 0.4) is 0 Å². The van der Waals surface area contributed by atoms with Crippen molar-refractivity contribution in [2.24, 2.45) is 0 Å². The number of fused-ring (bicyclic) bond motifs is 1. The van der Waals surface area contributed by atoms with Crippen LogP contribution < -0.4 is 0 Å². The number of rotatable bonds is 0. The third kappa shape index (κ3) is 2.63. The van der Waals surface area contributed by atoms with Gasteiger partial charge in [-0.05, 0) is 17.0 Å². The summed E-state index contributed by atoms with van der Waals surface area (Å²) in [4.78, 5) is 1.35. The van der Waals surface area contributed by atoms with E-state index in [1.807, 2.05) is 0 Å². The second-order valence-electron chi connectivity index (χ2n) is 3.54. The first-order valence-corrected chi connectivity index (χ1v) is 6.01. The molecule has 1 atom stereocenters. The fourth-order valence-electron chi connectivity index (χ4n) is 1.58. The predicted octanol–water partition coefficient (Wildman–Crippen LogP) is 4.52. The van der Waals surface area contributed by atoms with Gasteiger partial charge >= 0.3 is 0 Å². The van der Waals surface area contributed by atoms with Crippen molar-refractivity contribution in [3.63, 3.8) is 0 Å². The molecule has 1 aromatic carbocycles. The average Bonchev–Trinajstić information content (AvgIpc) is 2.28. The number of thioether (sulfide) groups is 1. The van der Waals surface area contributed by atoms with Gasteiger partial charge in [-0.15, -0.1) is 0 Å². The van der Waals surface area contributed by atoms with Crippen LogP contribution in [-0.4, -0.2) is 0 Å². The molecule has 2 rings (SSSR count). The lowest BCUT2D eigenvalue weighted by atomic mass is 10.0. The van der Waals surface area contributed by atoms with E-state index in [0.717, 1.165) is 0 Å². The Kier molecular flexibility index (Phi) is 3.46. The minimum atomic E-state index is 0.477. The molecule has 1 aliphatic heterocycles. The van der Waals surface area contributed by atoms with Crippen molar-refractivity contribution in [3.8, 4) is 0 Å². The lowest BCUT2D eigenvalue weighted by molar-refractivity contribution is 0.934. The Balaban J connectivity index is 2.41. The summed E-state index contributed by atoms with van der Waals surface area (Å²) in [6, 6.07) is 8.59. The predicted molar refractivity (Wildman–Crippen MR) is 68.1 cm³/mol. The fourth-order valence-corrected chi connectivity index (χ4v) is 2.45. The van der Waals surface area contributed by atoms with Crippen LogP contribution in [-0.2, 0) is 0 Å². The molecule has 0 fully saturated rings. The summed E-state index contributed by atoms with van der Waals surface area (Å²) >= 11 is 1.78. The third-order valence-electron chi connectivity index (χ3n) is 2.42. The molecule has 0 radical (unpaired) electrons. The van der Waals surface area contributed by atoms with Gasteiger partial charge in [0.15, 0.2) is 0 Å². The minimum absolute atomic E-state index is 0.477. The molecule has 76 valence electrons. The van der Waals surface area contributed by atoms with E-state index in [4.69, 9.17) is 0 Å². The molecule has 0 N–H and O–H groups in total. The molecule has 0 saturated carbocycles. The monoisotopic (exact) mass is 214 g/mol. The molecule has 0 bridgehead atoms. The van der Waals surface area contributed by atoms with Crippen LogP contribution in [0.25, 0.3) is 0 Å². The summed E-state index contributed by atoms with van der Waals surface area (Å²) in [6.07, 6.45) is 10.5. The summed E-state index contributed by atoms with van der Waals surface area (Å²) in [5.74, 6) is 0.477. The van der Waals surface area contributed by atoms with Crippen molar-refractivity contribution in [2.45, 2.75) is 17.7 Å². The lowest BCUT2D eigenvalue weighted by Crippen LogP contribution is -1.91. The van der Waals surface area contributed by atoms with E-state index in [1.54, 1.807) is 11.8 Å². The first kappa shape index (κ1) is 10.3. The van der Waals surface area contributed by atoms with Crippen molar-refractivity contribution in [3.05, 3.63) is 65.6 Å². The molecule has 0 nitrogen and oxygen atoms in total. The zero-order chi connectivity index (χ0) is 10.5. The van der Waals surface area contributed by atoms with Gasteiger partial charge in [0.05, 0.1) is 0 Å². The highest BCUT2D eigenvalue weighted by molar-refractivity contribution is 8.02. The number of benzene rings is 1. The highest BCUT2D eigenvalue weighted by atomic mass is 32.2. The van der Waals surface area contributed by atoms with E-state index in [-0.39, 0.29) is 0 Å². The van der Waals surface area contributed by atoms with E-state index in [1.165, 1.54) is 10.5 Å². The van der Waals surface area contributed by atoms with E-state index >= 15 is 0 Å². The van der Waals surface area contributed by atoms with E-state index in [2.05, 4.69) is 67.0 Å². The second-order valence-corrected chi connectivity index (χ2v) is 4.49. The summed E-state index contributed by atoms with van der Waals surface area (Å²) in [6.45, 7) is 2.23. The van der Waals surface area contributed by atoms with Crippen LogP contribution in [0.1, 0.15) is 18.4 Å². The van der Waals surface area contributed by atoms with Crippen LogP contribution in [0.2, 0.25) is 0 Å². The van der Waals surface area contributed by atoms with Crippen LogP contribution >= 0.6 is 11.8 Å². The maximum absolute atomic E-state index is 2.23. The summed E-state index contributed by atoms with van der Waals surface area (Å²) in [5.41, 5.74) is 1.40. The minimum Gasteiger partial charge on any atom is -0.0978 e. The maximum atomic E-state index is 2.23. The van der Waals surface area contributed by atoms with Gasteiger partial charge in [-0.3, -0.25) is 0 Å². The quantitative estimate of drug-likeness (QED) is 0.611. The first-order chi connectivity index (χ1) is 7.38. The zero-order valence-electron chi connectivity index (χ0n) is 8.76. The van der Waals surface area contributed by atoms with Gasteiger partial charge in [0.2, 0.25) is 0 Å². The van der Waals surface area contributed by atoms with Crippen molar-refractivity contribution in [1.29, 1.82) is 0 Å². The number of hydrogen-bond donors (Lipinski definition) is 0. The molecular weight excluding hydrogens is 200 g/mol. The Hall–Kier alpha value is -1.21. The van der Waals surface area contributed by atoms with Gasteiger partial charge in [0, 0.05) is 10.8 Å². The maximum Gasteiger partial charge on any atom is 0.0154 e. The molecule has 1 unspecified atom stereocenters. The molecule has 0 aliphatic carbocycles. The largest absolute Gasteiger partial charge is 0.0978 e. The standard InChI is InChI=1S/C14H14S/c1-12-8-4-2-3-7-11-15-14-10-6-5-9-13(12)14/h2-12H,1H3/b3-2-,8-4+,11-7+. The highest BCUT2D eigenvalue weighted by Crippen LogP contribution is 2.30. The van der Waals surface area contributed by atoms with Crippen LogP contribution in [0.4, 0.5) is 0 Å². The average molecular weight is 214 g/mol. The molecule has 1 heteroatoms. The summed E-state index contributed by atoms with van der Waals surface area (Å²) in [7, 11) is 0. The van der Waals surface area contributed by atoms with Gasteiger partial charge in [-0.25, -0.2) is 0 Å². The SMILES string of the molecule is CC1/C=C/C=C\C=C\Sc2ccccc21. The van der Waals surface area contributed by atoms with E-state index in [0.29, 0.717) is 5.92 Å². The Labute approximate surface area is 95.4 Å². The van der Waals surface area contributed by atoms with Gasteiger partial charge in [0.25, 0.3) is 0 Å². The smallest absolute Gasteiger partial charge is 0.0154 e. The molecule has 1 heterocycles. The molecule has 0 amide bonds. The van der Waals surface area contributed by atoms with Crippen LogP contribution in [0, 0.1) is 0 Å². The molecule has 0 aromatic heterocycles. The van der Waals surface area contributed by atoms with Crippen LogP contribution in [0.15, 0.2) is 64.9 Å². The number of hydrogen-bond acceptors (Lipinski definition) is 1. The molecule has 0 spiro atoms. The third-order valence-corrected chi connectivity index (χ3v) is 3.34. The van der Waals surface area contributed by atoms with Crippen molar-refractivity contribution in [1.82, 2.24) is 0 Å².